The molecule has 0 saturated heterocycles. The number of rotatable bonds is 5. The van der Waals surface area contributed by atoms with Gasteiger partial charge >= 0.3 is 5.97 Å². The summed E-state index contributed by atoms with van der Waals surface area (Å²) in [6, 6.07) is 5.78. The van der Waals surface area contributed by atoms with Crippen LogP contribution in [0.25, 0.3) is 6.08 Å². The number of halogens is 1. The molecule has 1 aromatic carbocycles. The van der Waals surface area contributed by atoms with Gasteiger partial charge in [0.1, 0.15) is 0 Å². The lowest BCUT2D eigenvalue weighted by atomic mass is 10.1. The van der Waals surface area contributed by atoms with Gasteiger partial charge in [0.2, 0.25) is 0 Å². The molecule has 2 aromatic rings. The molecule has 4 nitrogen and oxygen atoms in total. The van der Waals surface area contributed by atoms with Crippen molar-refractivity contribution in [3.63, 3.8) is 0 Å². The number of benzene rings is 1. The first-order valence-electron chi connectivity index (χ1n) is 6.28. The van der Waals surface area contributed by atoms with Crippen LogP contribution in [-0.2, 0) is 11.3 Å². The van der Waals surface area contributed by atoms with Crippen LogP contribution in [0.4, 0.5) is 5.69 Å². The van der Waals surface area contributed by atoms with Gasteiger partial charge in [0.15, 0.2) is 0 Å². The van der Waals surface area contributed by atoms with E-state index < -0.39 is 5.97 Å². The minimum absolute atomic E-state index is 0.737. The summed E-state index contributed by atoms with van der Waals surface area (Å²) >= 11 is 5.08. The van der Waals surface area contributed by atoms with Crippen LogP contribution in [-0.4, -0.2) is 23.1 Å². The molecule has 0 spiro atoms. The zero-order valence-electron chi connectivity index (χ0n) is 11.7. The Morgan fingerprint density at radius 2 is 2.29 bits per heavy atom. The van der Waals surface area contributed by atoms with Crippen LogP contribution in [0.3, 0.4) is 0 Å². The van der Waals surface area contributed by atoms with E-state index in [9.17, 15) is 4.79 Å². The number of carbonyl (C=O) groups is 1. The molecular formula is C15H15BrN2O2S. The summed E-state index contributed by atoms with van der Waals surface area (Å²) < 4.78 is 0.956. The lowest BCUT2D eigenvalue weighted by molar-refractivity contribution is -0.131. The highest BCUT2D eigenvalue weighted by Crippen LogP contribution is 2.27. The maximum atomic E-state index is 10.7. The molecule has 0 bridgehead atoms. The first-order chi connectivity index (χ1) is 9.97. The number of hydrogen-bond donors (Lipinski definition) is 1. The van der Waals surface area contributed by atoms with Crippen LogP contribution in [0.2, 0.25) is 0 Å². The summed E-state index contributed by atoms with van der Waals surface area (Å²) in [6.07, 6.45) is 2.76. The molecule has 0 fully saturated rings. The summed E-state index contributed by atoms with van der Waals surface area (Å²) in [5.74, 6) is -0.954. The smallest absolute Gasteiger partial charge is 0.328 e. The van der Waals surface area contributed by atoms with Crippen molar-refractivity contribution in [3.05, 3.63) is 50.4 Å². The van der Waals surface area contributed by atoms with Crippen LogP contribution in [0.5, 0.6) is 0 Å². The maximum Gasteiger partial charge on any atom is 0.328 e. The van der Waals surface area contributed by atoms with Gasteiger partial charge in [-0.2, -0.15) is 0 Å². The number of thiazole rings is 1. The van der Waals surface area contributed by atoms with Crippen molar-refractivity contribution in [2.24, 2.45) is 0 Å². The topological polar surface area (TPSA) is 53.4 Å². The fourth-order valence-electron chi connectivity index (χ4n) is 1.93. The van der Waals surface area contributed by atoms with Gasteiger partial charge in [0.05, 0.1) is 17.7 Å². The molecule has 0 radical (unpaired) electrons. The third-order valence-corrected chi connectivity index (χ3v) is 4.45. The molecule has 6 heteroatoms. The minimum atomic E-state index is -0.954. The van der Waals surface area contributed by atoms with E-state index >= 15 is 0 Å². The molecule has 1 N–H and O–H groups in total. The monoisotopic (exact) mass is 366 g/mol. The summed E-state index contributed by atoms with van der Waals surface area (Å²) in [6.45, 7) is 2.73. The SMILES string of the molecule is Cc1ncsc1CN(C)c1cc(Br)ccc1C=CC(=O)O. The second-order valence-corrected chi connectivity index (χ2v) is 6.45. The molecule has 0 atom stereocenters. The van der Waals surface area contributed by atoms with Gasteiger partial charge in [0.25, 0.3) is 0 Å². The Morgan fingerprint density at radius 1 is 1.52 bits per heavy atom. The predicted octanol–water partition coefficient (Wildman–Crippen LogP) is 3.95. The Balaban J connectivity index is 2.30. The molecule has 0 aliphatic carbocycles. The fourth-order valence-corrected chi connectivity index (χ4v) is 3.11. The highest BCUT2D eigenvalue weighted by atomic mass is 79.9. The Labute approximate surface area is 135 Å². The van der Waals surface area contributed by atoms with Crippen molar-refractivity contribution < 1.29 is 9.90 Å². The van der Waals surface area contributed by atoms with E-state index in [-0.39, 0.29) is 0 Å². The quantitative estimate of drug-likeness (QED) is 0.814. The lowest BCUT2D eigenvalue weighted by Crippen LogP contribution is -2.17. The van der Waals surface area contributed by atoms with Crippen molar-refractivity contribution in [1.29, 1.82) is 0 Å². The van der Waals surface area contributed by atoms with Crippen molar-refractivity contribution in [2.75, 3.05) is 11.9 Å². The highest BCUT2D eigenvalue weighted by Gasteiger charge is 2.10. The first kappa shape index (κ1) is 15.7. The van der Waals surface area contributed by atoms with E-state index in [2.05, 4.69) is 25.8 Å². The molecule has 2 rings (SSSR count). The summed E-state index contributed by atoms with van der Waals surface area (Å²) in [5, 5.41) is 8.79. The molecule has 21 heavy (non-hydrogen) atoms. The zero-order chi connectivity index (χ0) is 15.4. The van der Waals surface area contributed by atoms with Crippen molar-refractivity contribution in [1.82, 2.24) is 4.98 Å². The standard InChI is InChI=1S/C15H15BrN2O2S/c1-10-14(21-9-17-10)8-18(2)13-7-12(16)5-3-11(13)4-6-15(19)20/h3-7,9H,8H2,1-2H3,(H,19,20). The van der Waals surface area contributed by atoms with Crippen molar-refractivity contribution >= 4 is 45.0 Å². The Morgan fingerprint density at radius 3 is 2.90 bits per heavy atom. The predicted molar refractivity (Wildman–Crippen MR) is 89.8 cm³/mol. The van der Waals surface area contributed by atoms with E-state index in [0.717, 1.165) is 34.0 Å². The number of aliphatic carboxylic acids is 1. The Bertz CT molecular complexity index is 682. The zero-order valence-corrected chi connectivity index (χ0v) is 14.1. The summed E-state index contributed by atoms with van der Waals surface area (Å²) in [7, 11) is 1.99. The van der Waals surface area contributed by atoms with Crippen molar-refractivity contribution in [3.8, 4) is 0 Å². The van der Waals surface area contributed by atoms with Crippen LogP contribution < -0.4 is 4.90 Å². The fraction of sp³-hybridized carbons (Fsp3) is 0.200. The number of nitrogens with zero attached hydrogens (tertiary/aromatic N) is 2. The first-order valence-corrected chi connectivity index (χ1v) is 7.95. The van der Waals surface area contributed by atoms with Crippen LogP contribution >= 0.6 is 27.3 Å². The molecule has 0 saturated carbocycles. The van der Waals surface area contributed by atoms with Gasteiger partial charge in [-0.3, -0.25) is 0 Å². The molecule has 0 amide bonds. The van der Waals surface area contributed by atoms with E-state index in [1.165, 1.54) is 4.88 Å². The summed E-state index contributed by atoms with van der Waals surface area (Å²) in [5.41, 5.74) is 4.70. The highest BCUT2D eigenvalue weighted by molar-refractivity contribution is 9.10. The molecule has 0 aliphatic rings. The van der Waals surface area contributed by atoms with Crippen LogP contribution in [0, 0.1) is 6.92 Å². The van der Waals surface area contributed by atoms with Gasteiger partial charge in [-0.25, -0.2) is 9.78 Å². The number of hydrogen-bond acceptors (Lipinski definition) is 4. The maximum absolute atomic E-state index is 10.7. The van der Waals surface area contributed by atoms with Crippen LogP contribution in [0.15, 0.2) is 34.3 Å². The van der Waals surface area contributed by atoms with Gasteiger partial charge < -0.3 is 10.0 Å². The molecule has 110 valence electrons. The number of aryl methyl sites for hydroxylation is 1. The average molecular weight is 367 g/mol. The third-order valence-electron chi connectivity index (χ3n) is 3.03. The second-order valence-electron chi connectivity index (χ2n) is 4.59. The van der Waals surface area contributed by atoms with E-state index in [0.29, 0.717) is 0 Å². The van der Waals surface area contributed by atoms with Crippen molar-refractivity contribution in [2.45, 2.75) is 13.5 Å². The van der Waals surface area contributed by atoms with E-state index in [1.807, 2.05) is 37.7 Å². The second kappa shape index (κ2) is 6.87. The molecule has 1 aromatic heterocycles. The Kier molecular flexibility index (Phi) is 5.14. The number of carboxylic acid groups (broad SMARTS) is 1. The number of aromatic nitrogens is 1. The molecule has 0 aliphatic heterocycles. The molecular weight excluding hydrogens is 352 g/mol. The van der Waals surface area contributed by atoms with E-state index in [4.69, 9.17) is 5.11 Å². The third kappa shape index (κ3) is 4.15. The lowest BCUT2D eigenvalue weighted by Gasteiger charge is -2.21. The largest absolute Gasteiger partial charge is 0.478 e. The van der Waals surface area contributed by atoms with Gasteiger partial charge in [0, 0.05) is 28.2 Å². The van der Waals surface area contributed by atoms with Crippen LogP contribution in [0.1, 0.15) is 16.1 Å². The van der Waals surface area contributed by atoms with Gasteiger partial charge in [-0.05, 0) is 30.7 Å². The number of carboxylic acids is 1. The number of anilines is 1. The average Bonchev–Trinajstić information content (AvgIpc) is 2.82. The minimum Gasteiger partial charge on any atom is -0.478 e. The summed E-state index contributed by atoms with van der Waals surface area (Å²) in [4.78, 5) is 18.2. The molecule has 1 heterocycles. The Hall–Kier alpha value is -1.66. The van der Waals surface area contributed by atoms with Gasteiger partial charge in [-0.1, -0.05) is 22.0 Å². The molecule has 0 unspecified atom stereocenters. The van der Waals surface area contributed by atoms with Gasteiger partial charge in [-0.15, -0.1) is 11.3 Å². The normalized spacial score (nSPS) is 11.0. The van der Waals surface area contributed by atoms with E-state index in [1.54, 1.807) is 17.4 Å².